The van der Waals surface area contributed by atoms with E-state index in [0.29, 0.717) is 11.1 Å². The highest BCUT2D eigenvalue weighted by Crippen LogP contribution is 2.27. The second-order valence-electron chi connectivity index (χ2n) is 7.00. The van der Waals surface area contributed by atoms with Gasteiger partial charge in [0, 0.05) is 11.1 Å². The van der Waals surface area contributed by atoms with Crippen LogP contribution in [0.3, 0.4) is 0 Å². The van der Waals surface area contributed by atoms with Gasteiger partial charge in [0.1, 0.15) is 0 Å². The molecule has 0 atom stereocenters. The minimum absolute atomic E-state index is 0.467. The van der Waals surface area contributed by atoms with Crippen LogP contribution in [0.1, 0.15) is 20.7 Å². The van der Waals surface area contributed by atoms with Crippen molar-refractivity contribution < 1.29 is 9.59 Å². The van der Waals surface area contributed by atoms with Crippen LogP contribution < -0.4 is 0 Å². The minimum Gasteiger partial charge on any atom is -0.276 e. The Labute approximate surface area is 195 Å². The Morgan fingerprint density at radius 2 is 0.688 bits per heavy atom. The van der Waals surface area contributed by atoms with E-state index in [9.17, 15) is 9.59 Å². The van der Waals surface area contributed by atoms with Gasteiger partial charge in [-0.1, -0.05) is 48.5 Å². The number of benzene rings is 4. The molecule has 0 heterocycles. The van der Waals surface area contributed by atoms with Crippen molar-refractivity contribution in [2.75, 3.05) is 0 Å². The Kier molecular flexibility index (Phi) is 6.55. The fraction of sp³-hybridized carbons (Fsp3) is 0. The highest BCUT2D eigenvalue weighted by atomic mass is 35.5. The van der Waals surface area contributed by atoms with Crippen LogP contribution in [0.4, 0.5) is 11.4 Å². The molecule has 0 unspecified atom stereocenters. The molecule has 0 radical (unpaired) electrons. The maximum Gasteiger partial charge on any atom is 0.252 e. The van der Waals surface area contributed by atoms with Crippen molar-refractivity contribution in [3.8, 4) is 22.3 Å². The molecule has 0 bridgehead atoms. The molecule has 6 heteroatoms. The van der Waals surface area contributed by atoms with E-state index in [1.807, 2.05) is 72.8 Å². The molecule has 0 saturated carbocycles. The molecular weight excluding hydrogens is 443 g/mol. The molecule has 32 heavy (non-hydrogen) atoms. The fourth-order valence-corrected chi connectivity index (χ4v) is 3.40. The summed E-state index contributed by atoms with van der Waals surface area (Å²) >= 11 is 11.0. The highest BCUT2D eigenvalue weighted by Gasteiger charge is 2.04. The van der Waals surface area contributed by atoms with E-state index >= 15 is 0 Å². The van der Waals surface area contributed by atoms with Crippen LogP contribution in [0.5, 0.6) is 0 Å². The second-order valence-corrected chi connectivity index (χ2v) is 7.68. The first-order valence-corrected chi connectivity index (χ1v) is 10.5. The number of hydrogen-bond acceptors (Lipinski definition) is 4. The fourth-order valence-electron chi connectivity index (χ4n) is 3.14. The quantitative estimate of drug-likeness (QED) is 0.216. The third kappa shape index (κ3) is 5.17. The molecule has 0 aliphatic heterocycles. The number of azo groups is 1. The van der Waals surface area contributed by atoms with E-state index in [4.69, 9.17) is 23.2 Å². The number of rotatable bonds is 6. The van der Waals surface area contributed by atoms with Crippen molar-refractivity contribution in [3.63, 3.8) is 0 Å². The van der Waals surface area contributed by atoms with Crippen molar-refractivity contribution in [1.29, 1.82) is 0 Å². The Morgan fingerprint density at radius 3 is 0.938 bits per heavy atom. The summed E-state index contributed by atoms with van der Waals surface area (Å²) in [6.45, 7) is 0. The predicted molar refractivity (Wildman–Crippen MR) is 128 cm³/mol. The van der Waals surface area contributed by atoms with Gasteiger partial charge in [-0.2, -0.15) is 10.2 Å². The van der Waals surface area contributed by atoms with Gasteiger partial charge in [0.05, 0.1) is 11.4 Å². The molecule has 0 fully saturated rings. The Bertz CT molecular complexity index is 1180. The van der Waals surface area contributed by atoms with E-state index in [2.05, 4.69) is 10.2 Å². The summed E-state index contributed by atoms with van der Waals surface area (Å²) in [4.78, 5) is 22.4. The first kappa shape index (κ1) is 21.6. The lowest BCUT2D eigenvalue weighted by atomic mass is 10.0. The van der Waals surface area contributed by atoms with Gasteiger partial charge in [0.15, 0.2) is 0 Å². The van der Waals surface area contributed by atoms with Gasteiger partial charge >= 0.3 is 0 Å². The van der Waals surface area contributed by atoms with Crippen molar-refractivity contribution in [2.45, 2.75) is 0 Å². The van der Waals surface area contributed by atoms with E-state index < -0.39 is 10.5 Å². The maximum absolute atomic E-state index is 11.2. The van der Waals surface area contributed by atoms with Crippen molar-refractivity contribution in [2.24, 2.45) is 10.2 Å². The number of nitrogens with zero attached hydrogens (tertiary/aromatic N) is 2. The van der Waals surface area contributed by atoms with Crippen molar-refractivity contribution in [3.05, 3.63) is 108 Å². The van der Waals surface area contributed by atoms with Gasteiger partial charge in [0.2, 0.25) is 0 Å². The van der Waals surface area contributed by atoms with E-state index in [0.717, 1.165) is 33.6 Å². The van der Waals surface area contributed by atoms with Crippen LogP contribution >= 0.6 is 23.2 Å². The average molecular weight is 459 g/mol. The summed E-state index contributed by atoms with van der Waals surface area (Å²) in [6.07, 6.45) is 0. The minimum atomic E-state index is -0.471. The summed E-state index contributed by atoms with van der Waals surface area (Å²) in [7, 11) is 0. The maximum atomic E-state index is 11.2. The molecule has 0 spiro atoms. The summed E-state index contributed by atoms with van der Waals surface area (Å²) in [6, 6.07) is 29.6. The van der Waals surface area contributed by atoms with Crippen molar-refractivity contribution in [1.82, 2.24) is 0 Å². The molecule has 4 rings (SSSR count). The third-order valence-corrected chi connectivity index (χ3v) is 5.34. The van der Waals surface area contributed by atoms with Gasteiger partial charge in [0.25, 0.3) is 10.5 Å². The van der Waals surface area contributed by atoms with Gasteiger partial charge in [-0.25, -0.2) is 0 Å². The molecule has 0 amide bonds. The zero-order valence-electron chi connectivity index (χ0n) is 16.7. The SMILES string of the molecule is O=C(Cl)c1ccc(-c2ccc(N=Nc3ccc(-c4ccc(C(=O)Cl)cc4)cc3)cc2)cc1. The standard InChI is InChI=1S/C26H16Cl2N2O2/c27-25(31)21-5-1-17(2-6-21)19-9-13-23(14-10-19)29-30-24-15-11-20(12-16-24)18-3-7-22(8-4-18)26(28)32/h1-16H. The van der Waals surface area contributed by atoms with Gasteiger partial charge in [-0.3, -0.25) is 9.59 Å². The molecule has 0 N–H and O–H groups in total. The Balaban J connectivity index is 1.43. The molecular formula is C26H16Cl2N2O2. The first-order valence-electron chi connectivity index (χ1n) is 9.72. The lowest BCUT2D eigenvalue weighted by Gasteiger charge is -2.03. The number of hydrogen-bond donors (Lipinski definition) is 0. The van der Waals surface area contributed by atoms with E-state index in [1.54, 1.807) is 24.3 Å². The van der Waals surface area contributed by atoms with Crippen molar-refractivity contribution >= 4 is 45.1 Å². The van der Waals surface area contributed by atoms with Gasteiger partial charge in [-0.05, 0) is 94.0 Å². The predicted octanol–water partition coefficient (Wildman–Crippen LogP) is 8.19. The van der Waals surface area contributed by atoms with E-state index in [-0.39, 0.29) is 0 Å². The molecule has 0 aliphatic rings. The monoisotopic (exact) mass is 458 g/mol. The van der Waals surface area contributed by atoms with Crippen LogP contribution in [0.2, 0.25) is 0 Å². The average Bonchev–Trinajstić information content (AvgIpc) is 2.83. The Morgan fingerprint density at radius 1 is 0.438 bits per heavy atom. The summed E-state index contributed by atoms with van der Waals surface area (Å²) in [5.41, 5.74) is 6.36. The molecule has 0 saturated heterocycles. The number of carbonyl (C=O) groups excluding carboxylic acids is 2. The summed E-state index contributed by atoms with van der Waals surface area (Å²) in [5.74, 6) is 0. The molecule has 156 valence electrons. The number of halogens is 2. The summed E-state index contributed by atoms with van der Waals surface area (Å²) in [5, 5.41) is 7.64. The third-order valence-electron chi connectivity index (χ3n) is 4.91. The van der Waals surface area contributed by atoms with Crippen LogP contribution in [-0.2, 0) is 0 Å². The summed E-state index contributed by atoms with van der Waals surface area (Å²) < 4.78 is 0. The molecule has 0 aromatic heterocycles. The van der Waals surface area contributed by atoms with Crippen LogP contribution in [0.15, 0.2) is 107 Å². The Hall–Kier alpha value is -3.60. The molecule has 4 nitrogen and oxygen atoms in total. The zero-order valence-corrected chi connectivity index (χ0v) is 18.2. The van der Waals surface area contributed by atoms with E-state index in [1.165, 1.54) is 0 Å². The van der Waals surface area contributed by atoms with Gasteiger partial charge in [-0.15, -0.1) is 0 Å². The van der Waals surface area contributed by atoms with Crippen LogP contribution in [0.25, 0.3) is 22.3 Å². The van der Waals surface area contributed by atoms with Gasteiger partial charge < -0.3 is 0 Å². The normalized spacial score (nSPS) is 10.9. The highest BCUT2D eigenvalue weighted by molar-refractivity contribution is 6.68. The lowest BCUT2D eigenvalue weighted by molar-refractivity contribution is 0.107. The lowest BCUT2D eigenvalue weighted by Crippen LogP contribution is -1.87. The molecule has 4 aromatic carbocycles. The van der Waals surface area contributed by atoms with Crippen LogP contribution in [0, 0.1) is 0 Å². The molecule has 0 aliphatic carbocycles. The second kappa shape index (κ2) is 9.69. The molecule has 4 aromatic rings. The zero-order chi connectivity index (χ0) is 22.5. The topological polar surface area (TPSA) is 58.9 Å². The number of carbonyl (C=O) groups is 2. The smallest absolute Gasteiger partial charge is 0.252 e. The first-order chi connectivity index (χ1) is 15.5. The van der Waals surface area contributed by atoms with Crippen LogP contribution in [-0.4, -0.2) is 10.5 Å². The largest absolute Gasteiger partial charge is 0.276 e.